The van der Waals surface area contributed by atoms with Gasteiger partial charge in [-0.3, -0.25) is 9.05 Å². The van der Waals surface area contributed by atoms with Gasteiger partial charge in [0.25, 0.3) is 0 Å². The number of hydrogen-bond acceptors (Lipinski definition) is 5. The second kappa shape index (κ2) is 8.53. The molecule has 2 aliphatic rings. The second-order valence-corrected chi connectivity index (χ2v) is 11.1. The van der Waals surface area contributed by atoms with E-state index >= 15 is 0 Å². The van der Waals surface area contributed by atoms with Crippen molar-refractivity contribution in [1.82, 2.24) is 4.90 Å². The molecule has 6 heteroatoms. The summed E-state index contributed by atoms with van der Waals surface area (Å²) in [6.07, 6.45) is 6.34. The molecule has 2 saturated heterocycles. The SMILES string of the molecule is CC(C)OP(=O)(OC(C)C)SC[C@@H]1CCCN2CCCC[C@H]12. The lowest BCUT2D eigenvalue weighted by Crippen LogP contribution is -2.48. The quantitative estimate of drug-likeness (QED) is 0.609. The Kier molecular flexibility index (Phi) is 7.28. The lowest BCUT2D eigenvalue weighted by Gasteiger charge is -2.44. The fourth-order valence-electron chi connectivity index (χ4n) is 3.56. The molecular weight excluding hydrogens is 317 g/mol. The van der Waals surface area contributed by atoms with Crippen LogP contribution >= 0.6 is 18.2 Å². The molecular formula is C16H32NO3PS. The molecule has 0 aliphatic carbocycles. The van der Waals surface area contributed by atoms with Gasteiger partial charge in [0.1, 0.15) is 0 Å². The summed E-state index contributed by atoms with van der Waals surface area (Å²) in [5, 5.41) is 0. The standard InChI is InChI=1S/C16H32NO3PS/c1-13(2)19-21(18,20-14(3)4)22-12-15-8-7-11-17-10-6-5-9-16(15)17/h13-16H,5-12H2,1-4H3/t15-,16+/m0/s1. The number of nitrogens with zero attached hydrogens (tertiary/aromatic N) is 1. The van der Waals surface area contributed by atoms with Crippen LogP contribution in [0.15, 0.2) is 0 Å². The topological polar surface area (TPSA) is 38.8 Å². The molecule has 0 N–H and O–H groups in total. The Morgan fingerprint density at radius 3 is 2.32 bits per heavy atom. The highest BCUT2D eigenvalue weighted by Crippen LogP contribution is 2.63. The Hall–Kier alpha value is 0.460. The molecule has 2 atom stereocenters. The Balaban J connectivity index is 1.94. The van der Waals surface area contributed by atoms with Crippen LogP contribution in [0.3, 0.4) is 0 Å². The molecule has 2 heterocycles. The lowest BCUT2D eigenvalue weighted by atomic mass is 9.85. The molecule has 0 bridgehead atoms. The minimum absolute atomic E-state index is 0.0744. The molecule has 22 heavy (non-hydrogen) atoms. The van der Waals surface area contributed by atoms with Crippen molar-refractivity contribution in [3.05, 3.63) is 0 Å². The van der Waals surface area contributed by atoms with E-state index in [1.807, 2.05) is 27.7 Å². The van der Waals surface area contributed by atoms with Crippen molar-refractivity contribution in [1.29, 1.82) is 0 Å². The van der Waals surface area contributed by atoms with Crippen molar-refractivity contribution >= 4 is 18.2 Å². The van der Waals surface area contributed by atoms with Gasteiger partial charge in [0, 0.05) is 11.8 Å². The number of fused-ring (bicyclic) bond motifs is 1. The van der Waals surface area contributed by atoms with Gasteiger partial charge in [-0.25, -0.2) is 4.57 Å². The van der Waals surface area contributed by atoms with E-state index in [1.54, 1.807) is 0 Å². The summed E-state index contributed by atoms with van der Waals surface area (Å²) < 4.78 is 24.3. The zero-order valence-electron chi connectivity index (χ0n) is 14.5. The molecule has 2 fully saturated rings. The van der Waals surface area contributed by atoms with Crippen molar-refractivity contribution in [3.8, 4) is 0 Å². The van der Waals surface area contributed by atoms with Gasteiger partial charge < -0.3 is 4.90 Å². The van der Waals surface area contributed by atoms with Gasteiger partial charge in [0.05, 0.1) is 12.2 Å². The molecule has 0 aromatic rings. The van der Waals surface area contributed by atoms with Gasteiger partial charge in [0.2, 0.25) is 0 Å². The summed E-state index contributed by atoms with van der Waals surface area (Å²) in [4.78, 5) is 2.65. The van der Waals surface area contributed by atoms with Crippen LogP contribution in [-0.4, -0.2) is 42.0 Å². The maximum atomic E-state index is 12.9. The fourth-order valence-corrected chi connectivity index (χ4v) is 8.05. The highest BCUT2D eigenvalue weighted by atomic mass is 32.7. The Morgan fingerprint density at radius 2 is 1.68 bits per heavy atom. The summed E-state index contributed by atoms with van der Waals surface area (Å²) in [6.45, 7) is 7.11. The van der Waals surface area contributed by atoms with Crippen LogP contribution in [0.1, 0.15) is 59.8 Å². The number of hydrogen-bond donors (Lipinski definition) is 0. The van der Waals surface area contributed by atoms with Gasteiger partial charge in [-0.05, 0) is 83.8 Å². The molecule has 0 unspecified atom stereocenters. The van der Waals surface area contributed by atoms with E-state index in [2.05, 4.69) is 4.90 Å². The van der Waals surface area contributed by atoms with E-state index in [0.29, 0.717) is 12.0 Å². The first-order valence-corrected chi connectivity index (χ1v) is 11.9. The molecule has 130 valence electrons. The van der Waals surface area contributed by atoms with Crippen LogP contribution < -0.4 is 0 Å². The number of piperidine rings is 2. The van der Waals surface area contributed by atoms with Gasteiger partial charge in [-0.2, -0.15) is 0 Å². The summed E-state index contributed by atoms with van der Waals surface area (Å²) >= 11 is 1.43. The van der Waals surface area contributed by atoms with Crippen molar-refractivity contribution in [2.45, 2.75) is 78.0 Å². The van der Waals surface area contributed by atoms with E-state index in [4.69, 9.17) is 9.05 Å². The zero-order valence-corrected chi connectivity index (χ0v) is 16.2. The van der Waals surface area contributed by atoms with Crippen molar-refractivity contribution in [2.24, 2.45) is 5.92 Å². The third-order valence-electron chi connectivity index (χ3n) is 4.36. The summed E-state index contributed by atoms with van der Waals surface area (Å²) in [6, 6.07) is 0.682. The molecule has 0 radical (unpaired) electrons. The van der Waals surface area contributed by atoms with E-state index in [-0.39, 0.29) is 12.2 Å². The first-order chi connectivity index (χ1) is 10.4. The minimum Gasteiger partial charge on any atom is -0.300 e. The van der Waals surface area contributed by atoms with Crippen molar-refractivity contribution in [3.63, 3.8) is 0 Å². The van der Waals surface area contributed by atoms with Gasteiger partial charge >= 0.3 is 6.80 Å². The third-order valence-corrected chi connectivity index (χ3v) is 8.52. The summed E-state index contributed by atoms with van der Waals surface area (Å²) in [7, 11) is 0. The molecule has 0 aromatic heterocycles. The van der Waals surface area contributed by atoms with Crippen LogP contribution in [0.25, 0.3) is 0 Å². The average Bonchev–Trinajstić information content (AvgIpc) is 2.43. The summed E-state index contributed by atoms with van der Waals surface area (Å²) in [5.74, 6) is 1.51. The molecule has 2 aliphatic heterocycles. The summed E-state index contributed by atoms with van der Waals surface area (Å²) in [5.41, 5.74) is 0. The van der Waals surface area contributed by atoms with Crippen molar-refractivity contribution < 1.29 is 13.6 Å². The molecule has 0 spiro atoms. The molecule has 0 saturated carbocycles. The lowest BCUT2D eigenvalue weighted by molar-refractivity contribution is 0.0693. The predicted octanol–water partition coefficient (Wildman–Crippen LogP) is 4.94. The predicted molar refractivity (Wildman–Crippen MR) is 94.4 cm³/mol. The highest BCUT2D eigenvalue weighted by molar-refractivity contribution is 8.55. The van der Waals surface area contributed by atoms with Gasteiger partial charge in [0.15, 0.2) is 0 Å². The third kappa shape index (κ3) is 5.52. The molecule has 4 nitrogen and oxygen atoms in total. The molecule has 0 aromatic carbocycles. The molecule has 0 amide bonds. The van der Waals surface area contributed by atoms with Crippen molar-refractivity contribution in [2.75, 3.05) is 18.8 Å². The van der Waals surface area contributed by atoms with Gasteiger partial charge in [-0.15, -0.1) is 0 Å². The minimum atomic E-state index is -3.05. The molecule has 2 rings (SSSR count). The first kappa shape index (κ1) is 18.8. The number of rotatable bonds is 7. The van der Waals surface area contributed by atoms with Crippen LogP contribution in [0.2, 0.25) is 0 Å². The van der Waals surface area contributed by atoms with Gasteiger partial charge in [-0.1, -0.05) is 6.42 Å². The smallest absolute Gasteiger partial charge is 0.300 e. The van der Waals surface area contributed by atoms with E-state index in [0.717, 1.165) is 5.75 Å². The second-order valence-electron chi connectivity index (χ2n) is 7.05. The highest BCUT2D eigenvalue weighted by Gasteiger charge is 2.36. The largest absolute Gasteiger partial charge is 0.389 e. The maximum Gasteiger partial charge on any atom is 0.389 e. The van der Waals surface area contributed by atoms with Crippen LogP contribution in [-0.2, 0) is 13.6 Å². The van der Waals surface area contributed by atoms with E-state index in [1.165, 1.54) is 56.6 Å². The van der Waals surface area contributed by atoms with Crippen LogP contribution in [0.5, 0.6) is 0 Å². The monoisotopic (exact) mass is 349 g/mol. The maximum absolute atomic E-state index is 12.9. The van der Waals surface area contributed by atoms with E-state index < -0.39 is 6.80 Å². The fraction of sp³-hybridized carbons (Fsp3) is 1.00. The Bertz CT molecular complexity index is 376. The zero-order chi connectivity index (χ0) is 16.2. The average molecular weight is 349 g/mol. The Labute approximate surface area is 140 Å². The van der Waals surface area contributed by atoms with Crippen LogP contribution in [0.4, 0.5) is 0 Å². The first-order valence-electron chi connectivity index (χ1n) is 8.75. The normalized spacial score (nSPS) is 27.4. The Morgan fingerprint density at radius 1 is 1.05 bits per heavy atom. The van der Waals surface area contributed by atoms with E-state index in [9.17, 15) is 4.57 Å². The van der Waals surface area contributed by atoms with Crippen LogP contribution in [0, 0.1) is 5.92 Å².